The summed E-state index contributed by atoms with van der Waals surface area (Å²) in [7, 11) is 1.99. The Morgan fingerprint density at radius 2 is 1.79 bits per heavy atom. The molecule has 0 aromatic rings. The number of piperidine rings is 2. The van der Waals surface area contributed by atoms with E-state index in [0.29, 0.717) is 29.8 Å². The van der Waals surface area contributed by atoms with Gasteiger partial charge in [0, 0.05) is 38.6 Å². The average molecular weight is 338 g/mol. The highest BCUT2D eigenvalue weighted by atomic mass is 16.3. The normalized spacial score (nSPS) is 32.7. The smallest absolute Gasteiger partial charge is 0.222 e. The van der Waals surface area contributed by atoms with Crippen LogP contribution >= 0.6 is 0 Å². The van der Waals surface area contributed by atoms with Crippen LogP contribution in [0.5, 0.6) is 0 Å². The number of amides is 1. The topological polar surface area (TPSA) is 55.8 Å². The van der Waals surface area contributed by atoms with E-state index in [0.717, 1.165) is 45.4 Å². The second-order valence-electron chi connectivity index (χ2n) is 8.55. The van der Waals surface area contributed by atoms with Gasteiger partial charge in [0.15, 0.2) is 0 Å². The molecule has 0 aliphatic carbocycles. The largest absolute Gasteiger partial charge is 0.392 e. The molecule has 3 aliphatic rings. The van der Waals surface area contributed by atoms with Gasteiger partial charge in [-0.25, -0.2) is 0 Å². The first-order valence-electron chi connectivity index (χ1n) is 9.90. The van der Waals surface area contributed by atoms with Crippen LogP contribution in [0, 0.1) is 11.8 Å². The Morgan fingerprint density at radius 3 is 2.38 bits per heavy atom. The first kappa shape index (κ1) is 18.2. The van der Waals surface area contributed by atoms with Gasteiger partial charge >= 0.3 is 0 Å². The van der Waals surface area contributed by atoms with Crippen molar-refractivity contribution in [3.05, 3.63) is 0 Å². The van der Waals surface area contributed by atoms with E-state index < -0.39 is 0 Å². The molecule has 0 saturated carbocycles. The maximum Gasteiger partial charge on any atom is 0.222 e. The molecule has 3 aliphatic heterocycles. The van der Waals surface area contributed by atoms with Crippen molar-refractivity contribution in [1.82, 2.24) is 15.1 Å². The quantitative estimate of drug-likeness (QED) is 0.770. The third-order valence-corrected chi connectivity index (χ3v) is 6.22. The third kappa shape index (κ3) is 4.93. The number of hydrogen-bond acceptors (Lipinski definition) is 4. The molecule has 3 unspecified atom stereocenters. The Balaban J connectivity index is 1.37. The number of nitrogens with one attached hydrogen (secondary N) is 1. The van der Waals surface area contributed by atoms with E-state index in [1.165, 1.54) is 25.7 Å². The molecule has 0 aromatic carbocycles. The molecule has 3 fully saturated rings. The number of fused-ring (bicyclic) bond motifs is 2. The molecule has 3 rings (SSSR count). The molecule has 3 atom stereocenters. The highest BCUT2D eigenvalue weighted by molar-refractivity contribution is 5.76. The fourth-order valence-corrected chi connectivity index (χ4v) is 4.96. The van der Waals surface area contributed by atoms with Gasteiger partial charge in [-0.15, -0.1) is 0 Å². The number of carbonyl (C=O) groups excluding carboxylic acids is 1. The Hall–Kier alpha value is -0.650. The standard InChI is InChI=1S/C19H35N3O2/c1-14(23)12-22-7-5-15(6-8-22)13-21(2)19(24)11-16-9-17-3-4-18(10-16)20-17/h14-18,20,23H,3-13H2,1-2H3. The zero-order valence-corrected chi connectivity index (χ0v) is 15.4. The van der Waals surface area contributed by atoms with Crippen LogP contribution in [0.25, 0.3) is 0 Å². The summed E-state index contributed by atoms with van der Waals surface area (Å²) in [5, 5.41) is 13.1. The molecule has 2 N–H and O–H groups in total. The van der Waals surface area contributed by atoms with Crippen molar-refractivity contribution >= 4 is 5.91 Å². The second-order valence-corrected chi connectivity index (χ2v) is 8.55. The summed E-state index contributed by atoms with van der Waals surface area (Å²) in [6.45, 7) is 5.63. The summed E-state index contributed by atoms with van der Waals surface area (Å²) in [6, 6.07) is 1.34. The molecule has 2 bridgehead atoms. The van der Waals surface area contributed by atoms with Gasteiger partial charge in [0.1, 0.15) is 0 Å². The fourth-order valence-electron chi connectivity index (χ4n) is 4.96. The Labute approximate surface area is 146 Å². The molecular formula is C19H35N3O2. The Morgan fingerprint density at radius 1 is 1.17 bits per heavy atom. The van der Waals surface area contributed by atoms with Crippen LogP contribution in [0.15, 0.2) is 0 Å². The van der Waals surface area contributed by atoms with Crippen molar-refractivity contribution in [3.63, 3.8) is 0 Å². The number of likely N-dealkylation sites (tertiary alicyclic amines) is 1. The van der Waals surface area contributed by atoms with Gasteiger partial charge in [-0.3, -0.25) is 4.79 Å². The summed E-state index contributed by atoms with van der Waals surface area (Å²) in [6.07, 6.45) is 7.76. The van der Waals surface area contributed by atoms with Crippen molar-refractivity contribution in [3.8, 4) is 0 Å². The van der Waals surface area contributed by atoms with Crippen LogP contribution in [-0.2, 0) is 4.79 Å². The third-order valence-electron chi connectivity index (χ3n) is 6.22. The van der Waals surface area contributed by atoms with Gasteiger partial charge in [-0.2, -0.15) is 0 Å². The number of rotatable bonds is 6. The first-order chi connectivity index (χ1) is 11.5. The Bertz CT molecular complexity index is 409. The number of hydrogen-bond donors (Lipinski definition) is 2. The van der Waals surface area contributed by atoms with E-state index in [9.17, 15) is 9.90 Å². The minimum Gasteiger partial charge on any atom is -0.392 e. The predicted molar refractivity (Wildman–Crippen MR) is 95.8 cm³/mol. The molecular weight excluding hydrogens is 302 g/mol. The first-order valence-corrected chi connectivity index (χ1v) is 9.90. The summed E-state index contributed by atoms with van der Waals surface area (Å²) in [4.78, 5) is 16.9. The van der Waals surface area contributed by atoms with Crippen molar-refractivity contribution in [1.29, 1.82) is 0 Å². The number of aliphatic hydroxyl groups is 1. The molecule has 0 radical (unpaired) electrons. The minimum atomic E-state index is -0.244. The number of β-amino-alcohol motifs (C(OH)–C–C–N with tert-alkyl or cyclic N) is 1. The summed E-state index contributed by atoms with van der Waals surface area (Å²) >= 11 is 0. The lowest BCUT2D eigenvalue weighted by atomic mass is 9.89. The maximum absolute atomic E-state index is 12.6. The molecule has 3 saturated heterocycles. The molecule has 0 aromatic heterocycles. The van der Waals surface area contributed by atoms with E-state index in [4.69, 9.17) is 0 Å². The van der Waals surface area contributed by atoms with Gasteiger partial charge in [-0.05, 0) is 70.4 Å². The highest BCUT2D eigenvalue weighted by Crippen LogP contribution is 2.33. The zero-order valence-electron chi connectivity index (χ0n) is 15.4. The van der Waals surface area contributed by atoms with Crippen molar-refractivity contribution in [2.24, 2.45) is 11.8 Å². The lowest BCUT2D eigenvalue weighted by molar-refractivity contribution is -0.132. The second kappa shape index (κ2) is 8.15. The van der Waals surface area contributed by atoms with Gasteiger partial charge in [-0.1, -0.05) is 0 Å². The average Bonchev–Trinajstić information content (AvgIpc) is 2.87. The summed E-state index contributed by atoms with van der Waals surface area (Å²) in [5.74, 6) is 1.55. The maximum atomic E-state index is 12.6. The predicted octanol–water partition coefficient (Wildman–Crippen LogP) is 1.46. The van der Waals surface area contributed by atoms with Crippen LogP contribution in [0.1, 0.15) is 51.9 Å². The SMILES string of the molecule is CC(O)CN1CCC(CN(C)C(=O)CC2CC3CCC(C2)N3)CC1. The van der Waals surface area contributed by atoms with Gasteiger partial charge < -0.3 is 20.2 Å². The van der Waals surface area contributed by atoms with Crippen LogP contribution in [0.4, 0.5) is 0 Å². The van der Waals surface area contributed by atoms with E-state index in [2.05, 4.69) is 10.2 Å². The number of aliphatic hydroxyl groups excluding tert-OH is 1. The molecule has 24 heavy (non-hydrogen) atoms. The van der Waals surface area contributed by atoms with Gasteiger partial charge in [0.05, 0.1) is 6.10 Å². The molecule has 5 heteroatoms. The van der Waals surface area contributed by atoms with Crippen molar-refractivity contribution in [2.75, 3.05) is 33.2 Å². The van der Waals surface area contributed by atoms with Crippen LogP contribution in [0.2, 0.25) is 0 Å². The summed E-state index contributed by atoms with van der Waals surface area (Å²) < 4.78 is 0. The van der Waals surface area contributed by atoms with Crippen LogP contribution < -0.4 is 5.32 Å². The van der Waals surface area contributed by atoms with Crippen molar-refractivity contribution in [2.45, 2.75) is 70.1 Å². The number of nitrogens with zero attached hydrogens (tertiary/aromatic N) is 2. The monoisotopic (exact) mass is 337 g/mol. The van der Waals surface area contributed by atoms with Crippen molar-refractivity contribution < 1.29 is 9.90 Å². The van der Waals surface area contributed by atoms with E-state index in [1.54, 1.807) is 0 Å². The molecule has 5 nitrogen and oxygen atoms in total. The molecule has 0 spiro atoms. The lowest BCUT2D eigenvalue weighted by Crippen LogP contribution is -2.43. The molecule has 3 heterocycles. The molecule has 1 amide bonds. The van der Waals surface area contributed by atoms with E-state index in [-0.39, 0.29) is 6.10 Å². The molecule has 138 valence electrons. The van der Waals surface area contributed by atoms with Crippen LogP contribution in [-0.4, -0.2) is 72.2 Å². The van der Waals surface area contributed by atoms with E-state index >= 15 is 0 Å². The Kier molecular flexibility index (Phi) is 6.17. The minimum absolute atomic E-state index is 0.244. The fraction of sp³-hybridized carbons (Fsp3) is 0.947. The van der Waals surface area contributed by atoms with E-state index in [1.807, 2.05) is 18.9 Å². The zero-order chi connectivity index (χ0) is 17.1. The number of carbonyl (C=O) groups is 1. The summed E-state index contributed by atoms with van der Waals surface area (Å²) in [5.41, 5.74) is 0. The van der Waals surface area contributed by atoms with Gasteiger partial charge in [0.25, 0.3) is 0 Å². The lowest BCUT2D eigenvalue weighted by Gasteiger charge is -2.35. The van der Waals surface area contributed by atoms with Crippen LogP contribution in [0.3, 0.4) is 0 Å². The highest BCUT2D eigenvalue weighted by Gasteiger charge is 2.34. The van der Waals surface area contributed by atoms with Gasteiger partial charge in [0.2, 0.25) is 5.91 Å².